The van der Waals surface area contributed by atoms with E-state index in [1.807, 2.05) is 0 Å². The third kappa shape index (κ3) is 6.55. The van der Waals surface area contributed by atoms with Gasteiger partial charge in [0.1, 0.15) is 0 Å². The number of aromatic nitrogens is 5. The first kappa shape index (κ1) is 31.0. The number of morpholine rings is 1. The zero-order valence-corrected chi connectivity index (χ0v) is 24.9. The summed E-state index contributed by atoms with van der Waals surface area (Å²) >= 11 is 0. The third-order valence-corrected chi connectivity index (χ3v) is 8.26. The number of hydrogen-bond acceptors (Lipinski definition) is 10. The molecule has 5 heterocycles. The number of carbonyl (C=O) groups is 1. The number of ether oxygens (including phenoxy) is 1. The number of anilines is 1. The molecule has 4 aromatic rings. The molecule has 0 aromatic carbocycles. The maximum atomic E-state index is 13.5. The van der Waals surface area contributed by atoms with Crippen LogP contribution in [0.5, 0.6) is 0 Å². The molecule has 0 aliphatic carbocycles. The van der Waals surface area contributed by atoms with Crippen LogP contribution in [0, 0.1) is 6.92 Å². The van der Waals surface area contributed by atoms with Crippen LogP contribution in [0.2, 0.25) is 0 Å². The molecule has 4 aromatic heterocycles. The van der Waals surface area contributed by atoms with Crippen LogP contribution in [0.15, 0.2) is 52.4 Å². The van der Waals surface area contributed by atoms with Crippen LogP contribution in [0.4, 0.5) is 19.1 Å². The monoisotopic (exact) mass is 631 g/mol. The highest BCUT2D eigenvalue weighted by Gasteiger charge is 2.45. The Bertz CT molecular complexity index is 1930. The van der Waals surface area contributed by atoms with E-state index in [2.05, 4.69) is 25.3 Å². The molecule has 1 fully saturated rings. The predicted octanol–water partition coefficient (Wildman–Crippen LogP) is 2.58. The molecule has 12 nitrogen and oxygen atoms in total. The molecule has 44 heavy (non-hydrogen) atoms. The highest BCUT2D eigenvalue weighted by molar-refractivity contribution is 7.90. The second-order valence-corrected chi connectivity index (χ2v) is 12.5. The molecule has 1 amide bonds. The van der Waals surface area contributed by atoms with Crippen molar-refractivity contribution in [2.75, 3.05) is 24.2 Å². The van der Waals surface area contributed by atoms with Crippen LogP contribution in [-0.4, -0.2) is 76.6 Å². The Morgan fingerprint density at radius 2 is 1.84 bits per heavy atom. The molecule has 2 atom stereocenters. The van der Waals surface area contributed by atoms with Crippen LogP contribution in [0.3, 0.4) is 0 Å². The van der Waals surface area contributed by atoms with Crippen LogP contribution in [0.1, 0.15) is 28.7 Å². The highest BCUT2D eigenvalue weighted by Crippen LogP contribution is 2.30. The van der Waals surface area contributed by atoms with Gasteiger partial charge in [0, 0.05) is 43.7 Å². The molecule has 232 valence electrons. The minimum atomic E-state index is -4.58. The lowest BCUT2D eigenvalue weighted by Gasteiger charge is -2.38. The minimum Gasteiger partial charge on any atom is -0.362 e. The van der Waals surface area contributed by atoms with Gasteiger partial charge < -0.3 is 15.0 Å². The van der Waals surface area contributed by atoms with E-state index in [1.54, 1.807) is 24.4 Å². The number of alkyl halides is 3. The molecule has 0 unspecified atom stereocenters. The van der Waals surface area contributed by atoms with Gasteiger partial charge in [0.15, 0.2) is 15.9 Å². The second-order valence-electron chi connectivity index (χ2n) is 10.5. The number of rotatable bonds is 6. The van der Waals surface area contributed by atoms with Crippen molar-refractivity contribution in [2.45, 2.75) is 43.7 Å². The van der Waals surface area contributed by atoms with Crippen molar-refractivity contribution in [3.05, 3.63) is 70.0 Å². The van der Waals surface area contributed by atoms with Crippen LogP contribution in [0.25, 0.3) is 22.3 Å². The fraction of sp³-hybridized carbons (Fsp3) is 0.357. The second kappa shape index (κ2) is 11.6. The van der Waals surface area contributed by atoms with Gasteiger partial charge in [-0.25, -0.2) is 18.4 Å². The molecule has 16 heteroatoms. The Labute approximate surface area is 249 Å². The van der Waals surface area contributed by atoms with Crippen molar-refractivity contribution in [1.29, 1.82) is 0 Å². The van der Waals surface area contributed by atoms with Crippen molar-refractivity contribution < 1.29 is 31.1 Å². The normalized spacial score (nSPS) is 17.6. The molecule has 1 saturated heterocycles. The van der Waals surface area contributed by atoms with E-state index in [9.17, 15) is 31.2 Å². The standard InChI is InChI=1S/C28H28F3N7O5S/c1-15-13-38(14-24(43-15)28(29,30)31)27-36-22(9-25(39)37(27)3)20-6-5-17-10-33-19(8-21(17)35-20)12-34-26(40)18-7-23(44(4,41)42)16(2)32-11-18/h5-11,15,24H,12-14H2,1-4H3,(H,34,40)/t15-,24+/m1/s1. The number of halogens is 3. The summed E-state index contributed by atoms with van der Waals surface area (Å²) in [5, 5.41) is 3.34. The van der Waals surface area contributed by atoms with Gasteiger partial charge in [-0.05, 0) is 38.1 Å². The van der Waals surface area contributed by atoms with E-state index in [4.69, 9.17) is 4.74 Å². The SMILES string of the molecule is Cc1ncc(C(=O)NCc2cc3nc(-c4cc(=O)n(C)c(N5C[C@@H](C)O[C@H](C(F)(F)F)C5)n4)ccc3cn2)cc1S(C)(=O)=O. The predicted molar refractivity (Wildman–Crippen MR) is 154 cm³/mol. The topological polar surface area (TPSA) is 149 Å². The van der Waals surface area contributed by atoms with Crippen LogP contribution >= 0.6 is 0 Å². The van der Waals surface area contributed by atoms with Crippen molar-refractivity contribution in [1.82, 2.24) is 29.8 Å². The summed E-state index contributed by atoms with van der Waals surface area (Å²) in [4.78, 5) is 44.4. The number of sulfone groups is 1. The molecular weight excluding hydrogens is 603 g/mol. The number of aryl methyl sites for hydroxylation is 1. The highest BCUT2D eigenvalue weighted by atomic mass is 32.2. The van der Waals surface area contributed by atoms with Gasteiger partial charge in [-0.3, -0.25) is 24.1 Å². The number of hydrogen-bond donors (Lipinski definition) is 1. The molecular formula is C28H28F3N7O5S. The molecule has 0 spiro atoms. The van der Waals surface area contributed by atoms with E-state index >= 15 is 0 Å². The average molecular weight is 632 g/mol. The van der Waals surface area contributed by atoms with Crippen LogP contribution < -0.4 is 15.8 Å². The van der Waals surface area contributed by atoms with E-state index < -0.39 is 46.2 Å². The smallest absolute Gasteiger partial charge is 0.362 e. The number of carbonyl (C=O) groups excluding carboxylic acids is 1. The maximum absolute atomic E-state index is 13.5. The Kier molecular flexibility index (Phi) is 8.15. The Morgan fingerprint density at radius 1 is 1.09 bits per heavy atom. The molecule has 1 N–H and O–H groups in total. The molecule has 1 aliphatic heterocycles. The van der Waals surface area contributed by atoms with E-state index in [-0.39, 0.29) is 40.9 Å². The fourth-order valence-corrected chi connectivity index (χ4v) is 5.75. The fourth-order valence-electron chi connectivity index (χ4n) is 4.82. The van der Waals surface area contributed by atoms with Gasteiger partial charge in [0.2, 0.25) is 5.95 Å². The zero-order chi connectivity index (χ0) is 32.0. The van der Waals surface area contributed by atoms with Crippen LogP contribution in [-0.2, 0) is 28.2 Å². The van der Waals surface area contributed by atoms with E-state index in [0.29, 0.717) is 22.3 Å². The maximum Gasteiger partial charge on any atom is 0.416 e. The van der Waals surface area contributed by atoms with E-state index in [0.717, 1.165) is 6.26 Å². The van der Waals surface area contributed by atoms with Gasteiger partial charge in [0.25, 0.3) is 11.5 Å². The minimum absolute atomic E-state index is 0.00731. The lowest BCUT2D eigenvalue weighted by Crippen LogP contribution is -2.53. The molecule has 5 rings (SSSR count). The van der Waals surface area contributed by atoms with Crippen molar-refractivity contribution >= 4 is 32.6 Å². The Balaban J connectivity index is 1.40. The molecule has 0 bridgehead atoms. The summed E-state index contributed by atoms with van der Waals surface area (Å²) < 4.78 is 70.6. The van der Waals surface area contributed by atoms with Gasteiger partial charge in [-0.15, -0.1) is 0 Å². The third-order valence-electron chi connectivity index (χ3n) is 7.04. The lowest BCUT2D eigenvalue weighted by atomic mass is 10.2. The van der Waals surface area contributed by atoms with Gasteiger partial charge in [-0.1, -0.05) is 0 Å². The summed E-state index contributed by atoms with van der Waals surface area (Å²) in [6, 6.07) is 7.49. The van der Waals surface area contributed by atoms with Gasteiger partial charge in [0.05, 0.1) is 57.9 Å². The summed E-state index contributed by atoms with van der Waals surface area (Å²) in [7, 11) is -2.14. The number of nitrogens with zero attached hydrogens (tertiary/aromatic N) is 6. The Morgan fingerprint density at radius 3 is 2.55 bits per heavy atom. The lowest BCUT2D eigenvalue weighted by molar-refractivity contribution is -0.233. The first-order valence-electron chi connectivity index (χ1n) is 13.4. The summed E-state index contributed by atoms with van der Waals surface area (Å²) in [6.07, 6.45) is -3.48. The summed E-state index contributed by atoms with van der Waals surface area (Å²) in [5.41, 5.74) is 1.28. The first-order valence-corrected chi connectivity index (χ1v) is 15.3. The number of nitrogens with one attached hydrogen (secondary N) is 1. The average Bonchev–Trinajstić information content (AvgIpc) is 2.95. The van der Waals surface area contributed by atoms with Crippen molar-refractivity contribution in [3.8, 4) is 11.4 Å². The zero-order valence-electron chi connectivity index (χ0n) is 24.1. The van der Waals surface area contributed by atoms with Gasteiger partial charge >= 0.3 is 6.18 Å². The molecule has 0 radical (unpaired) electrons. The quantitative estimate of drug-likeness (QED) is 0.337. The Hall–Kier alpha value is -4.44. The largest absolute Gasteiger partial charge is 0.416 e. The van der Waals surface area contributed by atoms with E-state index in [1.165, 1.54) is 48.7 Å². The first-order chi connectivity index (χ1) is 20.6. The number of pyridine rings is 3. The van der Waals surface area contributed by atoms with Crippen molar-refractivity contribution in [2.24, 2.45) is 7.05 Å². The molecule has 0 saturated carbocycles. The van der Waals surface area contributed by atoms with Gasteiger partial charge in [-0.2, -0.15) is 13.2 Å². The number of amides is 1. The molecule has 1 aliphatic rings. The summed E-state index contributed by atoms with van der Waals surface area (Å²) in [6.45, 7) is 2.64. The van der Waals surface area contributed by atoms with Crippen molar-refractivity contribution in [3.63, 3.8) is 0 Å². The summed E-state index contributed by atoms with van der Waals surface area (Å²) in [5.74, 6) is -0.491. The number of fused-ring (bicyclic) bond motifs is 1.